The number of carboxylic acid groups (broad SMARTS) is 1. The summed E-state index contributed by atoms with van der Waals surface area (Å²) in [6, 6.07) is 7.09. The second-order valence-electron chi connectivity index (χ2n) is 4.16. The Kier molecular flexibility index (Phi) is 3.04. The van der Waals surface area contributed by atoms with Crippen molar-refractivity contribution in [2.24, 2.45) is 0 Å². The van der Waals surface area contributed by atoms with Gasteiger partial charge in [0.1, 0.15) is 17.8 Å². The molecule has 6 nitrogen and oxygen atoms in total. The van der Waals surface area contributed by atoms with Crippen LogP contribution in [0.3, 0.4) is 0 Å². The third kappa shape index (κ3) is 2.31. The van der Waals surface area contributed by atoms with E-state index in [-0.39, 0.29) is 17.9 Å². The lowest BCUT2D eigenvalue weighted by Crippen LogP contribution is -2.04. The molecule has 3 aromatic heterocycles. The average molecular weight is 269 g/mol. The Morgan fingerprint density at radius 1 is 1.35 bits per heavy atom. The molecule has 0 bridgehead atoms. The molecule has 0 atom stereocenters. The van der Waals surface area contributed by atoms with E-state index < -0.39 is 5.97 Å². The molecule has 0 saturated carbocycles. The smallest absolute Gasteiger partial charge is 0.339 e. The third-order valence-corrected chi connectivity index (χ3v) is 2.80. The first-order valence-corrected chi connectivity index (χ1v) is 5.97. The molecular formula is C14H11N3O3. The average Bonchev–Trinajstić information content (AvgIpc) is 2.88. The Balaban J connectivity index is 1.81. The minimum Gasteiger partial charge on any atom is -0.485 e. The Bertz CT molecular complexity index is 734. The van der Waals surface area contributed by atoms with Crippen molar-refractivity contribution in [2.45, 2.75) is 6.61 Å². The summed E-state index contributed by atoms with van der Waals surface area (Å²) in [5, 5.41) is 9.05. The van der Waals surface area contributed by atoms with Crippen LogP contribution in [0.15, 0.2) is 49.1 Å². The normalized spacial score (nSPS) is 10.6. The van der Waals surface area contributed by atoms with E-state index in [2.05, 4.69) is 9.97 Å². The van der Waals surface area contributed by atoms with Gasteiger partial charge in [-0.05, 0) is 18.2 Å². The van der Waals surface area contributed by atoms with Gasteiger partial charge in [-0.1, -0.05) is 6.07 Å². The van der Waals surface area contributed by atoms with Crippen LogP contribution in [0.5, 0.6) is 5.75 Å². The second-order valence-corrected chi connectivity index (χ2v) is 4.16. The maximum absolute atomic E-state index is 11.0. The van der Waals surface area contributed by atoms with Crippen LogP contribution in [0, 0.1) is 0 Å². The number of aromatic nitrogens is 3. The molecule has 0 saturated heterocycles. The highest BCUT2D eigenvalue weighted by Crippen LogP contribution is 2.17. The van der Waals surface area contributed by atoms with Crippen LogP contribution in [-0.2, 0) is 6.61 Å². The lowest BCUT2D eigenvalue weighted by molar-refractivity contribution is 0.0691. The quantitative estimate of drug-likeness (QED) is 0.784. The van der Waals surface area contributed by atoms with Gasteiger partial charge in [-0.3, -0.25) is 4.98 Å². The maximum atomic E-state index is 11.0. The highest BCUT2D eigenvalue weighted by molar-refractivity contribution is 5.90. The molecule has 0 spiro atoms. The second kappa shape index (κ2) is 5.00. The number of carboxylic acids is 1. The number of hydrogen-bond donors (Lipinski definition) is 1. The number of pyridine rings is 2. The number of carbonyl (C=O) groups is 1. The summed E-state index contributed by atoms with van der Waals surface area (Å²) >= 11 is 0. The van der Waals surface area contributed by atoms with Crippen LogP contribution in [-0.4, -0.2) is 25.4 Å². The zero-order valence-corrected chi connectivity index (χ0v) is 10.4. The Morgan fingerprint density at radius 3 is 3.05 bits per heavy atom. The van der Waals surface area contributed by atoms with E-state index in [0.717, 1.165) is 11.3 Å². The molecule has 0 radical (unpaired) electrons. The molecule has 20 heavy (non-hydrogen) atoms. The van der Waals surface area contributed by atoms with Gasteiger partial charge in [0.25, 0.3) is 0 Å². The van der Waals surface area contributed by atoms with E-state index in [1.807, 2.05) is 35.0 Å². The molecule has 0 aliphatic carbocycles. The first-order valence-electron chi connectivity index (χ1n) is 5.97. The van der Waals surface area contributed by atoms with E-state index in [4.69, 9.17) is 9.84 Å². The largest absolute Gasteiger partial charge is 0.485 e. The van der Waals surface area contributed by atoms with E-state index in [9.17, 15) is 4.79 Å². The monoisotopic (exact) mass is 269 g/mol. The molecule has 0 unspecified atom stereocenters. The predicted octanol–water partition coefficient (Wildman–Crippen LogP) is 2.01. The predicted molar refractivity (Wildman–Crippen MR) is 70.7 cm³/mol. The molecule has 0 aliphatic rings. The molecule has 0 aliphatic heterocycles. The molecular weight excluding hydrogens is 258 g/mol. The van der Waals surface area contributed by atoms with Crippen molar-refractivity contribution in [2.75, 3.05) is 0 Å². The van der Waals surface area contributed by atoms with E-state index >= 15 is 0 Å². The first-order chi connectivity index (χ1) is 9.74. The maximum Gasteiger partial charge on any atom is 0.339 e. The number of hydrogen-bond acceptors (Lipinski definition) is 4. The number of rotatable bonds is 4. The van der Waals surface area contributed by atoms with E-state index in [1.165, 1.54) is 18.5 Å². The molecule has 3 rings (SSSR count). The fraction of sp³-hybridized carbons (Fsp3) is 0.0714. The van der Waals surface area contributed by atoms with Gasteiger partial charge in [-0.2, -0.15) is 0 Å². The van der Waals surface area contributed by atoms with Gasteiger partial charge in [0.15, 0.2) is 5.75 Å². The van der Waals surface area contributed by atoms with Crippen LogP contribution in [0.2, 0.25) is 0 Å². The van der Waals surface area contributed by atoms with Gasteiger partial charge in [-0.25, -0.2) is 9.78 Å². The topological polar surface area (TPSA) is 76.7 Å². The SMILES string of the molecule is O=C(O)c1ccncc1OCc1cn2ccccc2n1. The molecule has 6 heteroatoms. The minimum atomic E-state index is -1.04. The summed E-state index contributed by atoms with van der Waals surface area (Å²) in [6.07, 6.45) is 6.53. The first kappa shape index (κ1) is 12.2. The molecule has 1 N–H and O–H groups in total. The van der Waals surface area contributed by atoms with Crippen LogP contribution in [0.25, 0.3) is 5.65 Å². The van der Waals surface area contributed by atoms with Crippen LogP contribution in [0.4, 0.5) is 0 Å². The number of imidazole rings is 1. The van der Waals surface area contributed by atoms with Crippen LogP contribution < -0.4 is 4.74 Å². The summed E-state index contributed by atoms with van der Waals surface area (Å²) in [6.45, 7) is 0.188. The lowest BCUT2D eigenvalue weighted by Gasteiger charge is -2.06. The molecule has 3 aromatic rings. The van der Waals surface area contributed by atoms with Gasteiger partial charge >= 0.3 is 5.97 Å². The Hall–Kier alpha value is -2.89. The number of ether oxygens (including phenoxy) is 1. The van der Waals surface area contributed by atoms with Crippen molar-refractivity contribution >= 4 is 11.6 Å². The van der Waals surface area contributed by atoms with Gasteiger partial charge in [0, 0.05) is 18.6 Å². The van der Waals surface area contributed by atoms with Crippen molar-refractivity contribution in [3.05, 3.63) is 60.3 Å². The fourth-order valence-corrected chi connectivity index (χ4v) is 1.88. The molecule has 0 fully saturated rings. The third-order valence-electron chi connectivity index (χ3n) is 2.80. The van der Waals surface area contributed by atoms with Crippen LogP contribution >= 0.6 is 0 Å². The Labute approximate surface area is 114 Å². The van der Waals surface area contributed by atoms with Crippen molar-refractivity contribution in [1.29, 1.82) is 0 Å². The van der Waals surface area contributed by atoms with Crippen molar-refractivity contribution in [1.82, 2.24) is 14.4 Å². The number of nitrogens with zero attached hydrogens (tertiary/aromatic N) is 3. The molecule has 0 aromatic carbocycles. The number of fused-ring (bicyclic) bond motifs is 1. The van der Waals surface area contributed by atoms with Gasteiger partial charge in [0.2, 0.25) is 0 Å². The summed E-state index contributed by atoms with van der Waals surface area (Å²) < 4.78 is 7.37. The van der Waals surface area contributed by atoms with E-state index in [1.54, 1.807) is 0 Å². The molecule has 0 amide bonds. The van der Waals surface area contributed by atoms with Gasteiger partial charge in [0.05, 0.1) is 11.9 Å². The molecule has 100 valence electrons. The summed E-state index contributed by atoms with van der Waals surface area (Å²) in [5.41, 5.74) is 1.62. The van der Waals surface area contributed by atoms with Crippen LogP contribution in [0.1, 0.15) is 16.1 Å². The van der Waals surface area contributed by atoms with Crippen molar-refractivity contribution < 1.29 is 14.6 Å². The zero-order chi connectivity index (χ0) is 13.9. The van der Waals surface area contributed by atoms with Crippen molar-refractivity contribution in [3.63, 3.8) is 0 Å². The summed E-state index contributed by atoms with van der Waals surface area (Å²) in [7, 11) is 0. The van der Waals surface area contributed by atoms with Gasteiger partial charge in [-0.15, -0.1) is 0 Å². The minimum absolute atomic E-state index is 0.0868. The fourth-order valence-electron chi connectivity index (χ4n) is 1.88. The zero-order valence-electron chi connectivity index (χ0n) is 10.4. The lowest BCUT2D eigenvalue weighted by atomic mass is 10.2. The standard InChI is InChI=1S/C14H11N3O3/c18-14(19)11-4-5-15-7-12(11)20-9-10-8-17-6-2-1-3-13(17)16-10/h1-8H,9H2,(H,18,19). The van der Waals surface area contributed by atoms with Gasteiger partial charge < -0.3 is 14.2 Å². The molecule has 3 heterocycles. The summed E-state index contributed by atoms with van der Waals surface area (Å²) in [4.78, 5) is 19.3. The Morgan fingerprint density at radius 2 is 2.25 bits per heavy atom. The number of aromatic carboxylic acids is 1. The highest BCUT2D eigenvalue weighted by atomic mass is 16.5. The summed E-state index contributed by atoms with van der Waals surface area (Å²) in [5.74, 6) is -0.811. The van der Waals surface area contributed by atoms with E-state index in [0.29, 0.717) is 0 Å². The highest BCUT2D eigenvalue weighted by Gasteiger charge is 2.11. The van der Waals surface area contributed by atoms with Crippen molar-refractivity contribution in [3.8, 4) is 5.75 Å².